The maximum absolute atomic E-state index is 14.6. The number of halogens is 3. The molecule has 0 radical (unpaired) electrons. The van der Waals surface area contributed by atoms with Gasteiger partial charge in [0, 0.05) is 23.3 Å². The van der Waals surface area contributed by atoms with Crippen molar-refractivity contribution in [1.29, 1.82) is 0 Å². The summed E-state index contributed by atoms with van der Waals surface area (Å²) in [5.74, 6) is -2.51. The Morgan fingerprint density at radius 2 is 1.77 bits per heavy atom. The van der Waals surface area contributed by atoms with Crippen LogP contribution in [0.3, 0.4) is 0 Å². The summed E-state index contributed by atoms with van der Waals surface area (Å²) in [6.07, 6.45) is 1.41. The van der Waals surface area contributed by atoms with Crippen LogP contribution in [0.4, 0.5) is 29.8 Å². The molecule has 0 aliphatic carbocycles. The van der Waals surface area contributed by atoms with Gasteiger partial charge in [-0.3, -0.25) is 4.72 Å². The lowest BCUT2D eigenvalue weighted by Crippen LogP contribution is -2.14. The molecule has 0 amide bonds. The van der Waals surface area contributed by atoms with Gasteiger partial charge < -0.3 is 5.32 Å². The van der Waals surface area contributed by atoms with Gasteiger partial charge in [0.15, 0.2) is 16.8 Å². The average molecular weight is 465 g/mol. The molecule has 0 aliphatic rings. The predicted octanol–water partition coefficient (Wildman–Crippen LogP) is 4.60. The summed E-state index contributed by atoms with van der Waals surface area (Å²) in [6, 6.07) is 8.28. The van der Waals surface area contributed by atoms with Crippen LogP contribution >= 0.6 is 11.3 Å². The molecule has 2 N–H and O–H groups in total. The first kappa shape index (κ1) is 20.9. The SMILES string of the molecule is Cc1cc(Nc2ccc(S(=O)(=O)Nc3nccs3)c(F)c2)n(-c2c(F)cccc2F)n1. The van der Waals surface area contributed by atoms with E-state index in [1.165, 1.54) is 24.4 Å². The Balaban J connectivity index is 1.65. The fourth-order valence-electron chi connectivity index (χ4n) is 2.84. The van der Waals surface area contributed by atoms with Crippen LogP contribution < -0.4 is 10.0 Å². The lowest BCUT2D eigenvalue weighted by molar-refractivity contribution is 0.560. The number of benzene rings is 2. The first-order chi connectivity index (χ1) is 14.7. The van der Waals surface area contributed by atoms with E-state index in [0.717, 1.165) is 40.3 Å². The third-order valence-electron chi connectivity index (χ3n) is 4.13. The number of aryl methyl sites for hydroxylation is 1. The minimum atomic E-state index is -4.18. The van der Waals surface area contributed by atoms with Gasteiger partial charge in [0.2, 0.25) is 0 Å². The number of nitrogens with zero attached hydrogens (tertiary/aromatic N) is 3. The van der Waals surface area contributed by atoms with Crippen molar-refractivity contribution in [2.75, 3.05) is 10.0 Å². The minimum absolute atomic E-state index is 0.105. The molecule has 0 unspecified atom stereocenters. The number of nitrogens with one attached hydrogen (secondary N) is 2. The highest BCUT2D eigenvalue weighted by atomic mass is 32.2. The molecule has 12 heteroatoms. The van der Waals surface area contributed by atoms with Crippen molar-refractivity contribution < 1.29 is 21.6 Å². The van der Waals surface area contributed by atoms with E-state index >= 15 is 0 Å². The number of anilines is 3. The van der Waals surface area contributed by atoms with Crippen LogP contribution in [0.15, 0.2) is 58.9 Å². The molecule has 2 aromatic carbocycles. The predicted molar refractivity (Wildman–Crippen MR) is 111 cm³/mol. The highest BCUT2D eigenvalue weighted by Crippen LogP contribution is 2.27. The number of rotatable bonds is 6. The molecular formula is C19H14F3N5O2S2. The van der Waals surface area contributed by atoms with Gasteiger partial charge in [0.05, 0.1) is 5.69 Å². The third kappa shape index (κ3) is 4.25. The number of sulfonamides is 1. The van der Waals surface area contributed by atoms with Gasteiger partial charge in [-0.2, -0.15) is 5.10 Å². The molecule has 0 atom stereocenters. The van der Waals surface area contributed by atoms with Crippen LogP contribution in [0.1, 0.15) is 5.69 Å². The lowest BCUT2D eigenvalue weighted by Gasteiger charge is -2.12. The van der Waals surface area contributed by atoms with Crippen molar-refractivity contribution in [3.05, 3.63) is 77.2 Å². The summed E-state index contributed by atoms with van der Waals surface area (Å²) in [5, 5.41) is 8.58. The zero-order chi connectivity index (χ0) is 22.2. The van der Waals surface area contributed by atoms with E-state index in [4.69, 9.17) is 0 Å². The molecule has 0 saturated heterocycles. The normalized spacial score (nSPS) is 11.5. The molecule has 4 aromatic rings. The van der Waals surface area contributed by atoms with Gasteiger partial charge in [-0.1, -0.05) is 6.07 Å². The van der Waals surface area contributed by atoms with Crippen molar-refractivity contribution in [2.24, 2.45) is 0 Å². The maximum Gasteiger partial charge on any atom is 0.266 e. The topological polar surface area (TPSA) is 88.9 Å². The zero-order valence-electron chi connectivity index (χ0n) is 15.8. The molecule has 160 valence electrons. The molecule has 0 spiro atoms. The Hall–Kier alpha value is -3.38. The summed E-state index contributed by atoms with van der Waals surface area (Å²) in [7, 11) is -4.18. The van der Waals surface area contributed by atoms with Crippen LogP contribution in [-0.2, 0) is 10.0 Å². The van der Waals surface area contributed by atoms with Crippen molar-refractivity contribution in [2.45, 2.75) is 11.8 Å². The van der Waals surface area contributed by atoms with Gasteiger partial charge in [0.1, 0.15) is 22.2 Å². The fraction of sp³-hybridized carbons (Fsp3) is 0.0526. The van der Waals surface area contributed by atoms with Crippen LogP contribution in [-0.4, -0.2) is 23.2 Å². The largest absolute Gasteiger partial charge is 0.340 e. The molecule has 4 rings (SSSR count). The second kappa shape index (κ2) is 8.04. The molecule has 0 aliphatic heterocycles. The average Bonchev–Trinajstić information content (AvgIpc) is 3.31. The molecule has 0 bridgehead atoms. The van der Waals surface area contributed by atoms with Gasteiger partial charge in [0.25, 0.3) is 10.0 Å². The van der Waals surface area contributed by atoms with E-state index in [1.54, 1.807) is 12.3 Å². The molecule has 0 fully saturated rings. The van der Waals surface area contributed by atoms with Gasteiger partial charge in [-0.25, -0.2) is 31.3 Å². The Labute approximate surface area is 179 Å². The van der Waals surface area contributed by atoms with E-state index in [-0.39, 0.29) is 16.6 Å². The second-order valence-corrected chi connectivity index (χ2v) is 8.91. The Bertz CT molecular complexity index is 1330. The monoisotopic (exact) mass is 465 g/mol. The number of hydrogen-bond acceptors (Lipinski definition) is 6. The summed E-state index contributed by atoms with van der Waals surface area (Å²) in [4.78, 5) is 3.24. The van der Waals surface area contributed by atoms with E-state index in [9.17, 15) is 21.6 Å². The first-order valence-corrected chi connectivity index (χ1v) is 11.1. The molecule has 0 saturated carbocycles. The molecular weight excluding hydrogens is 451 g/mol. The maximum atomic E-state index is 14.6. The summed E-state index contributed by atoms with van der Waals surface area (Å²) in [6.45, 7) is 1.63. The fourth-order valence-corrected chi connectivity index (χ4v) is 4.69. The summed E-state index contributed by atoms with van der Waals surface area (Å²) >= 11 is 1.05. The molecule has 7 nitrogen and oxygen atoms in total. The highest BCUT2D eigenvalue weighted by molar-refractivity contribution is 7.93. The van der Waals surface area contributed by atoms with Crippen LogP contribution in [0.25, 0.3) is 5.69 Å². The van der Waals surface area contributed by atoms with E-state index in [1.807, 2.05) is 0 Å². The van der Waals surface area contributed by atoms with Crippen LogP contribution in [0, 0.1) is 24.4 Å². The van der Waals surface area contributed by atoms with Gasteiger partial charge >= 0.3 is 0 Å². The second-order valence-electron chi connectivity index (χ2n) is 6.37. The number of aromatic nitrogens is 3. The van der Waals surface area contributed by atoms with E-state index in [0.29, 0.717) is 5.69 Å². The Morgan fingerprint density at radius 1 is 1.03 bits per heavy atom. The van der Waals surface area contributed by atoms with Crippen molar-refractivity contribution in [1.82, 2.24) is 14.8 Å². The zero-order valence-corrected chi connectivity index (χ0v) is 17.4. The van der Waals surface area contributed by atoms with Gasteiger partial charge in [-0.05, 0) is 37.3 Å². The van der Waals surface area contributed by atoms with Crippen LogP contribution in [0.2, 0.25) is 0 Å². The Kier molecular flexibility index (Phi) is 5.41. The first-order valence-electron chi connectivity index (χ1n) is 8.74. The molecule has 2 heterocycles. The number of para-hydroxylation sites is 1. The minimum Gasteiger partial charge on any atom is -0.340 e. The quantitative estimate of drug-likeness (QED) is 0.435. The summed E-state index contributed by atoms with van der Waals surface area (Å²) in [5.41, 5.74) is 0.214. The van der Waals surface area contributed by atoms with E-state index in [2.05, 4.69) is 20.1 Å². The number of thiazole rings is 1. The van der Waals surface area contributed by atoms with Crippen LogP contribution in [0.5, 0.6) is 0 Å². The lowest BCUT2D eigenvalue weighted by atomic mass is 10.3. The Morgan fingerprint density at radius 3 is 2.42 bits per heavy atom. The van der Waals surface area contributed by atoms with Crippen molar-refractivity contribution in [3.8, 4) is 5.69 Å². The highest BCUT2D eigenvalue weighted by Gasteiger charge is 2.21. The van der Waals surface area contributed by atoms with E-state index < -0.39 is 38.1 Å². The third-order valence-corrected chi connectivity index (χ3v) is 6.32. The number of hydrogen-bond donors (Lipinski definition) is 2. The molecule has 31 heavy (non-hydrogen) atoms. The van der Waals surface area contributed by atoms with Crippen molar-refractivity contribution >= 4 is 38.0 Å². The smallest absolute Gasteiger partial charge is 0.266 e. The summed E-state index contributed by atoms with van der Waals surface area (Å²) < 4.78 is 71.0. The molecule has 2 aromatic heterocycles. The van der Waals surface area contributed by atoms with Gasteiger partial charge in [-0.15, -0.1) is 11.3 Å². The van der Waals surface area contributed by atoms with Crippen molar-refractivity contribution in [3.63, 3.8) is 0 Å². The standard InChI is InChI=1S/C19H14F3N5O2S2/c1-11-9-17(27(25-11)18-13(20)3-2-4-14(18)21)24-12-5-6-16(15(22)10-12)31(28,29)26-19-23-7-8-30-19/h2-10,24H,1H3,(H,23,26).